The number of amides is 1. The molecule has 2 rings (SSSR count). The molecule has 2 aromatic carbocycles. The van der Waals surface area contributed by atoms with Gasteiger partial charge in [0.2, 0.25) is 0 Å². The van der Waals surface area contributed by atoms with E-state index in [-0.39, 0.29) is 23.7 Å². The zero-order chi connectivity index (χ0) is 17.7. The van der Waals surface area contributed by atoms with Gasteiger partial charge in [-0.3, -0.25) is 4.79 Å². The molecule has 2 aromatic rings. The van der Waals surface area contributed by atoms with E-state index in [0.717, 1.165) is 0 Å². The quantitative estimate of drug-likeness (QED) is 0.875. The summed E-state index contributed by atoms with van der Waals surface area (Å²) in [6, 6.07) is 9.77. The highest BCUT2D eigenvalue weighted by atomic mass is 19.4. The number of nitrogens with two attached hydrogens (primary N) is 1. The molecule has 0 aliphatic rings. The summed E-state index contributed by atoms with van der Waals surface area (Å²) in [5.74, 6) is -0.310. The third-order valence-corrected chi connectivity index (χ3v) is 3.00. The van der Waals surface area contributed by atoms with Crippen LogP contribution >= 0.6 is 0 Å². The summed E-state index contributed by atoms with van der Waals surface area (Å²) < 4.78 is 50.6. The number of alkyl halides is 3. The van der Waals surface area contributed by atoms with E-state index in [1.165, 1.54) is 43.5 Å². The van der Waals surface area contributed by atoms with Gasteiger partial charge in [0.05, 0.1) is 12.7 Å². The molecule has 0 bridgehead atoms. The van der Waals surface area contributed by atoms with Crippen LogP contribution in [0, 0.1) is 0 Å². The number of methoxy groups -OCH3 is 1. The van der Waals surface area contributed by atoms with E-state index in [9.17, 15) is 18.0 Å². The number of rotatable bonds is 6. The van der Waals surface area contributed by atoms with Crippen LogP contribution in [0.4, 0.5) is 13.2 Å². The Balaban J connectivity index is 2.07. The molecule has 8 heteroatoms. The van der Waals surface area contributed by atoms with Crippen molar-refractivity contribution in [1.29, 1.82) is 0 Å². The summed E-state index contributed by atoms with van der Waals surface area (Å²) in [7, 11) is 1.45. The molecule has 0 spiro atoms. The Kier molecular flexibility index (Phi) is 5.18. The first-order valence-corrected chi connectivity index (χ1v) is 6.74. The maximum absolute atomic E-state index is 12.1. The minimum Gasteiger partial charge on any atom is -0.497 e. The summed E-state index contributed by atoms with van der Waals surface area (Å²) in [6.45, 7) is 0.0406. The molecule has 2 N–H and O–H groups in total. The van der Waals surface area contributed by atoms with Crippen LogP contribution in [0.5, 0.6) is 17.2 Å². The first-order chi connectivity index (χ1) is 11.3. The van der Waals surface area contributed by atoms with Gasteiger partial charge in [-0.25, -0.2) is 0 Å². The minimum absolute atomic E-state index is 0.0406. The molecular formula is C16H14F3NO4. The molecule has 24 heavy (non-hydrogen) atoms. The fourth-order valence-electron chi connectivity index (χ4n) is 1.90. The predicted molar refractivity (Wildman–Crippen MR) is 79.0 cm³/mol. The van der Waals surface area contributed by atoms with E-state index in [0.29, 0.717) is 11.3 Å². The topological polar surface area (TPSA) is 70.8 Å². The number of ether oxygens (including phenoxy) is 3. The minimum atomic E-state index is -4.74. The van der Waals surface area contributed by atoms with Crippen LogP contribution in [-0.2, 0) is 6.61 Å². The zero-order valence-electron chi connectivity index (χ0n) is 12.6. The van der Waals surface area contributed by atoms with E-state index in [1.807, 2.05) is 0 Å². The maximum Gasteiger partial charge on any atom is 0.573 e. The Labute approximate surface area is 135 Å². The smallest absolute Gasteiger partial charge is 0.497 e. The SMILES string of the molecule is COc1ccc(OCc2ccc(OC(F)(F)F)cc2)c(C(N)=O)c1. The van der Waals surface area contributed by atoms with Gasteiger partial charge in [-0.2, -0.15) is 0 Å². The number of hydrogen-bond donors (Lipinski definition) is 1. The van der Waals surface area contributed by atoms with Gasteiger partial charge in [-0.05, 0) is 35.9 Å². The summed E-state index contributed by atoms with van der Waals surface area (Å²) in [5, 5.41) is 0. The van der Waals surface area contributed by atoms with Crippen LogP contribution in [0.25, 0.3) is 0 Å². The van der Waals surface area contributed by atoms with Crippen molar-refractivity contribution in [3.8, 4) is 17.2 Å². The highest BCUT2D eigenvalue weighted by Gasteiger charge is 2.30. The maximum atomic E-state index is 12.1. The van der Waals surface area contributed by atoms with Gasteiger partial charge in [0, 0.05) is 0 Å². The van der Waals surface area contributed by atoms with Crippen molar-refractivity contribution in [1.82, 2.24) is 0 Å². The van der Waals surface area contributed by atoms with Crippen LogP contribution in [-0.4, -0.2) is 19.4 Å². The van der Waals surface area contributed by atoms with Crippen molar-refractivity contribution in [3.05, 3.63) is 53.6 Å². The molecule has 128 valence electrons. The number of carbonyl (C=O) groups excluding carboxylic acids is 1. The molecule has 0 heterocycles. The van der Waals surface area contributed by atoms with Crippen molar-refractivity contribution in [2.24, 2.45) is 5.73 Å². The number of carbonyl (C=O) groups is 1. The lowest BCUT2D eigenvalue weighted by atomic mass is 10.1. The Morgan fingerprint density at radius 2 is 1.71 bits per heavy atom. The molecule has 0 atom stereocenters. The second-order valence-corrected chi connectivity index (χ2v) is 4.71. The molecule has 0 aromatic heterocycles. The predicted octanol–water partition coefficient (Wildman–Crippen LogP) is 3.27. The number of halogens is 3. The molecule has 1 amide bonds. The van der Waals surface area contributed by atoms with Gasteiger partial charge < -0.3 is 19.9 Å². The highest BCUT2D eigenvalue weighted by molar-refractivity contribution is 5.96. The fraction of sp³-hybridized carbons (Fsp3) is 0.188. The zero-order valence-corrected chi connectivity index (χ0v) is 12.6. The first kappa shape index (κ1) is 17.5. The first-order valence-electron chi connectivity index (χ1n) is 6.74. The summed E-state index contributed by atoms with van der Waals surface area (Å²) >= 11 is 0. The average molecular weight is 341 g/mol. The van der Waals surface area contributed by atoms with Crippen LogP contribution in [0.2, 0.25) is 0 Å². The van der Waals surface area contributed by atoms with Crippen molar-refractivity contribution in [2.45, 2.75) is 13.0 Å². The van der Waals surface area contributed by atoms with E-state index >= 15 is 0 Å². The molecule has 0 fully saturated rings. The molecule has 0 aliphatic heterocycles. The molecule has 0 aliphatic carbocycles. The van der Waals surface area contributed by atoms with Gasteiger partial charge in [0.1, 0.15) is 23.9 Å². The van der Waals surface area contributed by atoms with E-state index in [2.05, 4.69) is 4.74 Å². The third kappa shape index (κ3) is 4.80. The van der Waals surface area contributed by atoms with Crippen LogP contribution in [0.1, 0.15) is 15.9 Å². The Hall–Kier alpha value is -2.90. The Bertz CT molecular complexity index is 714. The summed E-state index contributed by atoms with van der Waals surface area (Å²) in [5.41, 5.74) is 6.03. The van der Waals surface area contributed by atoms with Crippen molar-refractivity contribution in [3.63, 3.8) is 0 Å². The highest BCUT2D eigenvalue weighted by Crippen LogP contribution is 2.26. The van der Waals surface area contributed by atoms with E-state index < -0.39 is 12.3 Å². The lowest BCUT2D eigenvalue weighted by Gasteiger charge is -2.12. The van der Waals surface area contributed by atoms with E-state index in [1.54, 1.807) is 6.07 Å². The second-order valence-electron chi connectivity index (χ2n) is 4.71. The third-order valence-electron chi connectivity index (χ3n) is 3.00. The molecule has 0 radical (unpaired) electrons. The van der Waals surface area contributed by atoms with Gasteiger partial charge in [-0.15, -0.1) is 13.2 Å². The van der Waals surface area contributed by atoms with Crippen LogP contribution < -0.4 is 19.9 Å². The van der Waals surface area contributed by atoms with E-state index in [4.69, 9.17) is 15.2 Å². The molecule has 5 nitrogen and oxygen atoms in total. The lowest BCUT2D eigenvalue weighted by molar-refractivity contribution is -0.274. The second kappa shape index (κ2) is 7.12. The Morgan fingerprint density at radius 3 is 2.25 bits per heavy atom. The Morgan fingerprint density at radius 1 is 1.08 bits per heavy atom. The van der Waals surface area contributed by atoms with Gasteiger partial charge in [-0.1, -0.05) is 12.1 Å². The normalized spacial score (nSPS) is 11.0. The van der Waals surface area contributed by atoms with Crippen molar-refractivity contribution in [2.75, 3.05) is 7.11 Å². The van der Waals surface area contributed by atoms with Crippen LogP contribution in [0.3, 0.4) is 0 Å². The number of primary amides is 1. The summed E-state index contributed by atoms with van der Waals surface area (Å²) in [4.78, 5) is 11.4. The monoisotopic (exact) mass is 341 g/mol. The van der Waals surface area contributed by atoms with Gasteiger partial charge >= 0.3 is 6.36 Å². The lowest BCUT2D eigenvalue weighted by Crippen LogP contribution is -2.17. The largest absolute Gasteiger partial charge is 0.573 e. The van der Waals surface area contributed by atoms with Crippen molar-refractivity contribution < 1.29 is 32.2 Å². The van der Waals surface area contributed by atoms with Gasteiger partial charge in [0.15, 0.2) is 0 Å². The van der Waals surface area contributed by atoms with Crippen LogP contribution in [0.15, 0.2) is 42.5 Å². The molecular weight excluding hydrogens is 327 g/mol. The summed E-state index contributed by atoms with van der Waals surface area (Å²) in [6.07, 6.45) is -4.74. The van der Waals surface area contributed by atoms with Gasteiger partial charge in [0.25, 0.3) is 5.91 Å². The number of hydrogen-bond acceptors (Lipinski definition) is 4. The van der Waals surface area contributed by atoms with Crippen molar-refractivity contribution >= 4 is 5.91 Å². The standard InChI is InChI=1S/C16H14F3NO4/c1-22-12-6-7-14(13(8-12)15(20)21)23-9-10-2-4-11(5-3-10)24-16(17,18)19/h2-8H,9H2,1H3,(H2,20,21). The number of benzene rings is 2. The average Bonchev–Trinajstić information content (AvgIpc) is 2.52. The molecule has 0 unspecified atom stereocenters. The molecule has 0 saturated heterocycles. The molecule has 0 saturated carbocycles. The fourth-order valence-corrected chi connectivity index (χ4v) is 1.90.